The molecular formula is C18H27N3O. The third kappa shape index (κ3) is 3.27. The maximum Gasteiger partial charge on any atom is 0.251 e. The molecule has 0 spiro atoms. The van der Waals surface area contributed by atoms with Crippen molar-refractivity contribution in [2.75, 3.05) is 44.7 Å². The minimum atomic E-state index is 0.0664. The molecule has 4 nitrogen and oxygen atoms in total. The van der Waals surface area contributed by atoms with E-state index in [4.69, 9.17) is 0 Å². The fourth-order valence-corrected chi connectivity index (χ4v) is 3.62. The van der Waals surface area contributed by atoms with Crippen LogP contribution in [-0.2, 0) is 6.42 Å². The molecule has 1 saturated heterocycles. The first-order valence-electron chi connectivity index (χ1n) is 8.52. The van der Waals surface area contributed by atoms with E-state index < -0.39 is 0 Å². The Kier molecular flexibility index (Phi) is 4.67. The Morgan fingerprint density at radius 2 is 2.23 bits per heavy atom. The molecule has 0 radical (unpaired) electrons. The van der Waals surface area contributed by atoms with Crippen molar-refractivity contribution in [1.82, 2.24) is 10.2 Å². The van der Waals surface area contributed by atoms with Crippen LogP contribution in [0.15, 0.2) is 18.2 Å². The molecule has 1 amide bonds. The highest BCUT2D eigenvalue weighted by atomic mass is 16.1. The van der Waals surface area contributed by atoms with E-state index in [9.17, 15) is 4.79 Å². The topological polar surface area (TPSA) is 35.6 Å². The van der Waals surface area contributed by atoms with E-state index in [1.807, 2.05) is 12.1 Å². The van der Waals surface area contributed by atoms with Crippen molar-refractivity contribution in [3.8, 4) is 0 Å². The number of nitrogens with one attached hydrogen (secondary N) is 1. The highest BCUT2D eigenvalue weighted by Gasteiger charge is 2.21. The summed E-state index contributed by atoms with van der Waals surface area (Å²) in [6, 6.07) is 6.11. The SMILES string of the molecule is CCN1CCCC(CNC(=O)c2ccc3c(c2)N(C)CC3)C1. The van der Waals surface area contributed by atoms with Crippen molar-refractivity contribution >= 4 is 11.6 Å². The second kappa shape index (κ2) is 6.69. The first-order chi connectivity index (χ1) is 10.7. The van der Waals surface area contributed by atoms with Crippen molar-refractivity contribution in [1.29, 1.82) is 0 Å². The molecule has 4 heteroatoms. The zero-order valence-corrected chi connectivity index (χ0v) is 13.8. The summed E-state index contributed by atoms with van der Waals surface area (Å²) in [5, 5.41) is 3.14. The van der Waals surface area contributed by atoms with Crippen molar-refractivity contribution in [3.05, 3.63) is 29.3 Å². The Labute approximate surface area is 133 Å². The number of hydrogen-bond donors (Lipinski definition) is 1. The Bertz CT molecular complexity index is 543. The lowest BCUT2D eigenvalue weighted by atomic mass is 9.98. The number of piperidine rings is 1. The molecule has 1 fully saturated rings. The zero-order chi connectivity index (χ0) is 15.5. The molecule has 2 heterocycles. The fraction of sp³-hybridized carbons (Fsp3) is 0.611. The summed E-state index contributed by atoms with van der Waals surface area (Å²) in [5.41, 5.74) is 3.35. The van der Waals surface area contributed by atoms with Crippen LogP contribution in [0.25, 0.3) is 0 Å². The lowest BCUT2D eigenvalue weighted by Gasteiger charge is -2.31. The molecule has 0 saturated carbocycles. The number of fused-ring (bicyclic) bond motifs is 1. The number of rotatable bonds is 4. The number of likely N-dealkylation sites (N-methyl/N-ethyl adjacent to an activating group) is 1. The van der Waals surface area contributed by atoms with Crippen LogP contribution in [0.5, 0.6) is 0 Å². The van der Waals surface area contributed by atoms with E-state index in [1.165, 1.54) is 30.6 Å². The highest BCUT2D eigenvalue weighted by molar-refractivity contribution is 5.95. The summed E-state index contributed by atoms with van der Waals surface area (Å²) in [7, 11) is 2.09. The second-order valence-electron chi connectivity index (χ2n) is 6.63. The van der Waals surface area contributed by atoms with E-state index in [1.54, 1.807) is 0 Å². The van der Waals surface area contributed by atoms with E-state index in [-0.39, 0.29) is 5.91 Å². The number of carbonyl (C=O) groups is 1. The molecule has 1 aromatic rings. The van der Waals surface area contributed by atoms with Gasteiger partial charge in [-0.1, -0.05) is 13.0 Å². The normalized spacial score (nSPS) is 21.7. The average molecular weight is 301 g/mol. The van der Waals surface area contributed by atoms with Crippen molar-refractivity contribution < 1.29 is 4.79 Å². The van der Waals surface area contributed by atoms with Crippen LogP contribution >= 0.6 is 0 Å². The molecule has 2 aliphatic heterocycles. The summed E-state index contributed by atoms with van der Waals surface area (Å²) in [6.07, 6.45) is 3.56. The van der Waals surface area contributed by atoms with Crippen LogP contribution < -0.4 is 10.2 Å². The number of anilines is 1. The third-order valence-electron chi connectivity index (χ3n) is 5.08. The summed E-state index contributed by atoms with van der Waals surface area (Å²) in [4.78, 5) is 17.1. The number of carbonyl (C=O) groups excluding carboxylic acids is 1. The van der Waals surface area contributed by atoms with Crippen LogP contribution in [0, 0.1) is 5.92 Å². The maximum atomic E-state index is 12.4. The lowest BCUT2D eigenvalue weighted by Crippen LogP contribution is -2.40. The van der Waals surface area contributed by atoms with Crippen LogP contribution in [0.2, 0.25) is 0 Å². The van der Waals surface area contributed by atoms with Gasteiger partial charge in [0, 0.05) is 37.9 Å². The van der Waals surface area contributed by atoms with Gasteiger partial charge in [-0.3, -0.25) is 4.79 Å². The van der Waals surface area contributed by atoms with Crippen molar-refractivity contribution in [3.63, 3.8) is 0 Å². The van der Waals surface area contributed by atoms with Gasteiger partial charge in [0.15, 0.2) is 0 Å². The Morgan fingerprint density at radius 1 is 1.36 bits per heavy atom. The molecule has 0 bridgehead atoms. The van der Waals surface area contributed by atoms with Gasteiger partial charge in [0.2, 0.25) is 0 Å². The Hall–Kier alpha value is -1.55. The third-order valence-corrected chi connectivity index (χ3v) is 5.08. The predicted molar refractivity (Wildman–Crippen MR) is 90.6 cm³/mol. The molecule has 2 aliphatic rings. The van der Waals surface area contributed by atoms with Gasteiger partial charge in [0.25, 0.3) is 5.91 Å². The van der Waals surface area contributed by atoms with Gasteiger partial charge in [-0.25, -0.2) is 0 Å². The molecule has 0 aliphatic carbocycles. The van der Waals surface area contributed by atoms with Gasteiger partial charge in [-0.15, -0.1) is 0 Å². The number of nitrogens with zero attached hydrogens (tertiary/aromatic N) is 2. The summed E-state index contributed by atoms with van der Waals surface area (Å²) in [6.45, 7) is 7.49. The molecule has 0 aromatic heterocycles. The van der Waals surface area contributed by atoms with Gasteiger partial charge in [0.05, 0.1) is 0 Å². The maximum absolute atomic E-state index is 12.4. The van der Waals surface area contributed by atoms with E-state index >= 15 is 0 Å². The number of benzene rings is 1. The molecular weight excluding hydrogens is 274 g/mol. The smallest absolute Gasteiger partial charge is 0.251 e. The molecule has 1 aromatic carbocycles. The number of amides is 1. The predicted octanol–water partition coefficient (Wildman–Crippen LogP) is 2.14. The van der Waals surface area contributed by atoms with E-state index in [0.29, 0.717) is 5.92 Å². The molecule has 120 valence electrons. The minimum Gasteiger partial charge on any atom is -0.374 e. The van der Waals surface area contributed by atoms with Crippen LogP contribution in [0.1, 0.15) is 35.7 Å². The summed E-state index contributed by atoms with van der Waals surface area (Å²) in [5.74, 6) is 0.659. The summed E-state index contributed by atoms with van der Waals surface area (Å²) >= 11 is 0. The van der Waals surface area contributed by atoms with Gasteiger partial charge < -0.3 is 15.1 Å². The first kappa shape index (κ1) is 15.3. The van der Waals surface area contributed by atoms with Gasteiger partial charge >= 0.3 is 0 Å². The molecule has 1 N–H and O–H groups in total. The number of hydrogen-bond acceptors (Lipinski definition) is 3. The number of likely N-dealkylation sites (tertiary alicyclic amines) is 1. The molecule has 3 rings (SSSR count). The first-order valence-corrected chi connectivity index (χ1v) is 8.52. The van der Waals surface area contributed by atoms with E-state index in [0.717, 1.165) is 38.2 Å². The standard InChI is InChI=1S/C18H27N3O/c1-3-21-9-4-5-14(13-21)12-19-18(22)16-7-6-15-8-10-20(2)17(15)11-16/h6-7,11,14H,3-5,8-10,12-13H2,1-2H3,(H,19,22). The minimum absolute atomic E-state index is 0.0664. The summed E-state index contributed by atoms with van der Waals surface area (Å²) < 4.78 is 0. The van der Waals surface area contributed by atoms with Crippen molar-refractivity contribution in [2.24, 2.45) is 5.92 Å². The van der Waals surface area contributed by atoms with Crippen molar-refractivity contribution in [2.45, 2.75) is 26.2 Å². The van der Waals surface area contributed by atoms with Crippen LogP contribution in [0.4, 0.5) is 5.69 Å². The monoisotopic (exact) mass is 301 g/mol. The van der Waals surface area contributed by atoms with Crippen LogP contribution in [0.3, 0.4) is 0 Å². The lowest BCUT2D eigenvalue weighted by molar-refractivity contribution is 0.0933. The molecule has 1 atom stereocenters. The molecule has 1 unspecified atom stereocenters. The van der Waals surface area contributed by atoms with E-state index in [2.05, 4.69) is 35.2 Å². The quantitative estimate of drug-likeness (QED) is 0.925. The average Bonchev–Trinajstić information content (AvgIpc) is 2.93. The largest absolute Gasteiger partial charge is 0.374 e. The fourth-order valence-electron chi connectivity index (χ4n) is 3.62. The Morgan fingerprint density at radius 3 is 3.05 bits per heavy atom. The van der Waals surface area contributed by atoms with Crippen LogP contribution in [-0.4, -0.2) is 50.6 Å². The second-order valence-corrected chi connectivity index (χ2v) is 6.63. The molecule has 22 heavy (non-hydrogen) atoms. The highest BCUT2D eigenvalue weighted by Crippen LogP contribution is 2.27. The van der Waals surface area contributed by atoms with Gasteiger partial charge in [-0.2, -0.15) is 0 Å². The Balaban J connectivity index is 1.57. The van der Waals surface area contributed by atoms with Gasteiger partial charge in [-0.05, 0) is 56.0 Å². The van der Waals surface area contributed by atoms with Gasteiger partial charge in [0.1, 0.15) is 0 Å². The zero-order valence-electron chi connectivity index (χ0n) is 13.8.